The Labute approximate surface area is 165 Å². The van der Waals surface area contributed by atoms with E-state index in [0.29, 0.717) is 6.07 Å². The summed E-state index contributed by atoms with van der Waals surface area (Å²) < 4.78 is 53.6. The molecule has 0 bridgehead atoms. The molecule has 0 saturated heterocycles. The fourth-order valence-corrected chi connectivity index (χ4v) is 2.57. The van der Waals surface area contributed by atoms with E-state index in [1.807, 2.05) is 0 Å². The van der Waals surface area contributed by atoms with Crippen LogP contribution in [-0.4, -0.2) is 33.9 Å². The lowest BCUT2D eigenvalue weighted by atomic mass is 10.2. The molecule has 0 aliphatic carbocycles. The number of aromatic nitrogens is 2. The summed E-state index contributed by atoms with van der Waals surface area (Å²) >= 11 is 5.88. The van der Waals surface area contributed by atoms with Crippen LogP contribution in [0.25, 0.3) is 5.69 Å². The third-order valence-electron chi connectivity index (χ3n) is 3.74. The zero-order valence-corrected chi connectivity index (χ0v) is 16.1. The Morgan fingerprint density at radius 2 is 1.90 bits per heavy atom. The van der Waals surface area contributed by atoms with Crippen molar-refractivity contribution in [1.29, 1.82) is 0 Å². The van der Waals surface area contributed by atoms with Gasteiger partial charge in [-0.25, -0.2) is 23.6 Å². The molecule has 0 fully saturated rings. The van der Waals surface area contributed by atoms with Gasteiger partial charge in [-0.05, 0) is 19.1 Å². The number of amides is 2. The van der Waals surface area contributed by atoms with E-state index in [1.54, 1.807) is 6.92 Å². The molecule has 8 nitrogen and oxygen atoms in total. The molecule has 0 atom stereocenters. The van der Waals surface area contributed by atoms with E-state index in [-0.39, 0.29) is 32.5 Å². The number of hydroxylamine groups is 2. The van der Waals surface area contributed by atoms with E-state index in [1.165, 1.54) is 7.05 Å². The smallest absolute Gasteiger partial charge is 0.305 e. The van der Waals surface area contributed by atoms with Gasteiger partial charge in [0.2, 0.25) is 0 Å². The van der Waals surface area contributed by atoms with Crippen molar-refractivity contribution in [3.8, 4) is 5.69 Å². The van der Waals surface area contributed by atoms with Gasteiger partial charge >= 0.3 is 17.9 Å². The summed E-state index contributed by atoms with van der Waals surface area (Å²) in [5.41, 5.74) is -5.23. The number of anilines is 1. The zero-order chi connectivity index (χ0) is 22.1. The van der Waals surface area contributed by atoms with Gasteiger partial charge in [0.05, 0.1) is 23.0 Å². The Balaban J connectivity index is 2.62. The number of halogens is 5. The Kier molecular flexibility index (Phi) is 6.38. The lowest BCUT2D eigenvalue weighted by Gasteiger charge is -2.18. The lowest BCUT2D eigenvalue weighted by Crippen LogP contribution is -2.41. The molecule has 158 valence electrons. The highest BCUT2D eigenvalue weighted by Crippen LogP contribution is 2.29. The molecule has 1 aromatic heterocycles. The molecule has 0 radical (unpaired) electrons. The highest BCUT2D eigenvalue weighted by atomic mass is 35.5. The summed E-state index contributed by atoms with van der Waals surface area (Å²) in [6, 6.07) is 0.914. The highest BCUT2D eigenvalue weighted by Gasteiger charge is 2.35. The molecule has 0 aliphatic heterocycles. The molecular formula is C16H15ClF4N4O4. The predicted molar refractivity (Wildman–Crippen MR) is 95.7 cm³/mol. The minimum Gasteiger partial charge on any atom is -0.305 e. The summed E-state index contributed by atoms with van der Waals surface area (Å²) in [6.45, 7) is 1.79. The van der Waals surface area contributed by atoms with Gasteiger partial charge in [0, 0.05) is 20.2 Å². The van der Waals surface area contributed by atoms with E-state index in [0.717, 1.165) is 18.2 Å². The van der Waals surface area contributed by atoms with Crippen molar-refractivity contribution in [3.63, 3.8) is 0 Å². The minimum absolute atomic E-state index is 0.163. The van der Waals surface area contributed by atoms with Crippen molar-refractivity contribution in [2.24, 2.45) is 7.05 Å². The molecule has 0 spiro atoms. The first-order valence-electron chi connectivity index (χ1n) is 7.95. The van der Waals surface area contributed by atoms with Crippen LogP contribution in [0.2, 0.25) is 5.02 Å². The van der Waals surface area contributed by atoms with E-state index in [4.69, 9.17) is 16.4 Å². The molecule has 13 heteroatoms. The van der Waals surface area contributed by atoms with Crippen LogP contribution in [0.1, 0.15) is 12.6 Å². The van der Waals surface area contributed by atoms with Gasteiger partial charge in [0.25, 0.3) is 5.56 Å². The second kappa shape index (κ2) is 8.25. The molecule has 1 heterocycles. The molecule has 0 aliphatic rings. The third kappa shape index (κ3) is 4.59. The van der Waals surface area contributed by atoms with Crippen LogP contribution >= 0.6 is 11.6 Å². The van der Waals surface area contributed by atoms with Crippen molar-refractivity contribution in [2.45, 2.75) is 13.1 Å². The molecule has 1 aromatic carbocycles. The van der Waals surface area contributed by atoms with Crippen LogP contribution in [0.3, 0.4) is 0 Å². The Hall–Kier alpha value is -2.86. The molecule has 1 N–H and O–H groups in total. The van der Waals surface area contributed by atoms with E-state index in [2.05, 4.69) is 5.32 Å². The first-order chi connectivity index (χ1) is 13.4. The summed E-state index contributed by atoms with van der Waals surface area (Å²) in [4.78, 5) is 41.4. The van der Waals surface area contributed by atoms with Gasteiger partial charge in [-0.3, -0.25) is 14.2 Å². The fourth-order valence-electron chi connectivity index (χ4n) is 2.37. The summed E-state index contributed by atoms with van der Waals surface area (Å²) in [7, 11) is 2.07. The van der Waals surface area contributed by atoms with E-state index in [9.17, 15) is 31.9 Å². The Morgan fingerprint density at radius 1 is 1.28 bits per heavy atom. The van der Waals surface area contributed by atoms with Crippen LogP contribution in [0, 0.1) is 5.82 Å². The Morgan fingerprint density at radius 3 is 2.45 bits per heavy atom. The molecular weight excluding hydrogens is 424 g/mol. The van der Waals surface area contributed by atoms with Gasteiger partial charge < -0.3 is 5.32 Å². The zero-order valence-electron chi connectivity index (χ0n) is 15.3. The number of benzene rings is 1. The average Bonchev–Trinajstić information content (AvgIpc) is 2.60. The number of alkyl halides is 3. The number of hydrogen-bond donors (Lipinski definition) is 1. The fraction of sp³-hybridized carbons (Fsp3) is 0.312. The maximum Gasteiger partial charge on any atom is 0.431 e. The SMILES string of the molecule is CCON(C)C(=O)Nc1cc(-n2c(=O)cc(C(F)(F)F)n(C)c2=O)c(F)cc1Cl. The normalized spacial score (nSPS) is 11.4. The summed E-state index contributed by atoms with van der Waals surface area (Å²) in [6.07, 6.45) is -4.96. The monoisotopic (exact) mass is 438 g/mol. The number of rotatable bonds is 4. The third-order valence-corrected chi connectivity index (χ3v) is 4.05. The lowest BCUT2D eigenvalue weighted by molar-refractivity contribution is -0.144. The van der Waals surface area contributed by atoms with Crippen LogP contribution in [0.5, 0.6) is 0 Å². The van der Waals surface area contributed by atoms with Crippen LogP contribution < -0.4 is 16.6 Å². The highest BCUT2D eigenvalue weighted by molar-refractivity contribution is 6.33. The van der Waals surface area contributed by atoms with Crippen LogP contribution in [0.4, 0.5) is 28.0 Å². The molecule has 2 amide bonds. The van der Waals surface area contributed by atoms with E-state index < -0.39 is 40.7 Å². The molecule has 2 rings (SSSR count). The molecule has 0 unspecified atom stereocenters. The Bertz CT molecular complexity index is 1060. The van der Waals surface area contributed by atoms with Crippen molar-refractivity contribution in [2.75, 3.05) is 19.0 Å². The largest absolute Gasteiger partial charge is 0.431 e. The van der Waals surface area contributed by atoms with Crippen molar-refractivity contribution in [1.82, 2.24) is 14.2 Å². The van der Waals surface area contributed by atoms with Crippen molar-refractivity contribution >= 4 is 23.3 Å². The topological polar surface area (TPSA) is 85.6 Å². The number of nitrogens with one attached hydrogen (secondary N) is 1. The minimum atomic E-state index is -4.96. The van der Waals surface area contributed by atoms with Crippen LogP contribution in [-0.2, 0) is 18.1 Å². The molecule has 2 aromatic rings. The second-order valence-electron chi connectivity index (χ2n) is 5.67. The number of nitrogens with zero attached hydrogens (tertiary/aromatic N) is 3. The maximum absolute atomic E-state index is 14.4. The quantitative estimate of drug-likeness (QED) is 0.587. The number of carbonyl (C=O) groups excluding carboxylic acids is 1. The second-order valence-corrected chi connectivity index (χ2v) is 6.08. The van der Waals surface area contributed by atoms with Gasteiger partial charge in [-0.2, -0.15) is 13.2 Å². The van der Waals surface area contributed by atoms with Crippen molar-refractivity contribution < 1.29 is 27.2 Å². The number of urea groups is 1. The summed E-state index contributed by atoms with van der Waals surface area (Å²) in [5.74, 6) is -1.16. The number of hydrogen-bond acceptors (Lipinski definition) is 4. The van der Waals surface area contributed by atoms with Crippen molar-refractivity contribution in [3.05, 3.63) is 55.6 Å². The summed E-state index contributed by atoms with van der Waals surface area (Å²) in [5, 5.41) is 2.83. The molecule has 29 heavy (non-hydrogen) atoms. The predicted octanol–water partition coefficient (Wildman–Crippen LogP) is 2.76. The van der Waals surface area contributed by atoms with Crippen LogP contribution in [0.15, 0.2) is 27.8 Å². The first kappa shape index (κ1) is 22.4. The first-order valence-corrected chi connectivity index (χ1v) is 8.33. The van der Waals surface area contributed by atoms with Gasteiger partial charge in [-0.15, -0.1) is 0 Å². The maximum atomic E-state index is 14.4. The standard InChI is InChI=1S/C16H15ClF4N4O4/c1-4-29-24(3)14(27)22-10-6-11(9(18)5-8(10)17)25-13(26)7-12(16(19,20)21)23(2)15(25)28/h5-7H,4H2,1-3H3,(H,22,27). The van der Waals surface area contributed by atoms with Gasteiger partial charge in [0.1, 0.15) is 11.5 Å². The molecule has 0 saturated carbocycles. The number of carbonyl (C=O) groups is 1. The average molecular weight is 439 g/mol. The van der Waals surface area contributed by atoms with Gasteiger partial charge in [0.15, 0.2) is 0 Å². The van der Waals surface area contributed by atoms with E-state index >= 15 is 0 Å². The van der Waals surface area contributed by atoms with Gasteiger partial charge in [-0.1, -0.05) is 11.6 Å².